The Kier molecular flexibility index (Phi) is 5.63. The number of thiophene rings is 1. The molecule has 0 fully saturated rings. The van der Waals surface area contributed by atoms with Gasteiger partial charge in [0.2, 0.25) is 0 Å². The van der Waals surface area contributed by atoms with Crippen molar-refractivity contribution in [3.63, 3.8) is 0 Å². The van der Waals surface area contributed by atoms with Gasteiger partial charge >= 0.3 is 0 Å². The molecule has 0 aliphatic heterocycles. The van der Waals surface area contributed by atoms with Crippen molar-refractivity contribution in [2.45, 2.75) is 43.5 Å². The van der Waals surface area contributed by atoms with Gasteiger partial charge < -0.3 is 0 Å². The van der Waals surface area contributed by atoms with Crippen LogP contribution in [-0.4, -0.2) is 9.55 Å². The summed E-state index contributed by atoms with van der Waals surface area (Å²) in [6.45, 7) is 1.93. The molecule has 4 aromatic rings. The van der Waals surface area contributed by atoms with Gasteiger partial charge in [-0.15, -0.1) is 11.3 Å². The molecule has 2 aromatic carbocycles. The lowest BCUT2D eigenvalue weighted by Gasteiger charge is -2.14. The summed E-state index contributed by atoms with van der Waals surface area (Å²) in [4.78, 5) is 20.7. The molecular formula is C24H20ClFN2OS2. The maximum atomic E-state index is 14.2. The molecule has 1 aliphatic carbocycles. The lowest BCUT2D eigenvalue weighted by molar-refractivity contribution is 0.617. The Hall–Kier alpha value is -2.15. The molecule has 0 amide bonds. The van der Waals surface area contributed by atoms with Crippen molar-refractivity contribution < 1.29 is 4.39 Å². The third-order valence-electron chi connectivity index (χ3n) is 5.69. The number of hydrogen-bond acceptors (Lipinski definition) is 4. The van der Waals surface area contributed by atoms with E-state index in [2.05, 4.69) is 0 Å². The van der Waals surface area contributed by atoms with E-state index in [0.717, 1.165) is 47.0 Å². The average Bonchev–Trinajstić information content (AvgIpc) is 3.14. The molecular weight excluding hydrogens is 451 g/mol. The van der Waals surface area contributed by atoms with Gasteiger partial charge in [-0.25, -0.2) is 9.37 Å². The molecule has 7 heteroatoms. The zero-order valence-corrected chi connectivity index (χ0v) is 19.3. The minimum Gasteiger partial charge on any atom is -0.268 e. The lowest BCUT2D eigenvalue weighted by Crippen LogP contribution is -2.22. The van der Waals surface area contributed by atoms with Crippen LogP contribution in [0, 0.1) is 12.7 Å². The van der Waals surface area contributed by atoms with Gasteiger partial charge in [0.25, 0.3) is 5.56 Å². The van der Waals surface area contributed by atoms with E-state index in [1.54, 1.807) is 34.1 Å². The van der Waals surface area contributed by atoms with Crippen LogP contribution in [0.3, 0.4) is 0 Å². The van der Waals surface area contributed by atoms with E-state index in [4.69, 9.17) is 16.6 Å². The Bertz CT molecular complexity index is 1360. The number of benzene rings is 2. The van der Waals surface area contributed by atoms with Crippen molar-refractivity contribution in [2.24, 2.45) is 0 Å². The number of aromatic nitrogens is 2. The minimum atomic E-state index is -0.255. The first kappa shape index (κ1) is 20.7. The van der Waals surface area contributed by atoms with E-state index in [9.17, 15) is 9.18 Å². The van der Waals surface area contributed by atoms with Crippen LogP contribution in [0.4, 0.5) is 4.39 Å². The van der Waals surface area contributed by atoms with Gasteiger partial charge in [-0.05, 0) is 67.5 Å². The zero-order valence-electron chi connectivity index (χ0n) is 17.0. The van der Waals surface area contributed by atoms with Crippen LogP contribution in [0.15, 0.2) is 52.4 Å². The van der Waals surface area contributed by atoms with Crippen molar-refractivity contribution in [3.05, 3.63) is 85.2 Å². The fourth-order valence-corrected chi connectivity index (χ4v) is 6.47. The molecule has 31 heavy (non-hydrogen) atoms. The first-order valence-electron chi connectivity index (χ1n) is 10.2. The molecule has 0 saturated carbocycles. The third-order valence-corrected chi connectivity index (χ3v) is 8.27. The van der Waals surface area contributed by atoms with Crippen LogP contribution in [0.5, 0.6) is 0 Å². The van der Waals surface area contributed by atoms with Gasteiger partial charge in [0.05, 0.1) is 11.1 Å². The second kappa shape index (κ2) is 8.41. The highest BCUT2D eigenvalue weighted by atomic mass is 35.5. The summed E-state index contributed by atoms with van der Waals surface area (Å²) in [5, 5.41) is 1.88. The normalized spacial score (nSPS) is 13.5. The lowest BCUT2D eigenvalue weighted by atomic mass is 9.97. The number of fused-ring (bicyclic) bond motifs is 3. The minimum absolute atomic E-state index is 0.0691. The van der Waals surface area contributed by atoms with Crippen LogP contribution in [0.2, 0.25) is 5.02 Å². The van der Waals surface area contributed by atoms with Crippen LogP contribution in [0.25, 0.3) is 15.9 Å². The van der Waals surface area contributed by atoms with E-state index in [-0.39, 0.29) is 11.4 Å². The molecule has 0 saturated heterocycles. The highest BCUT2D eigenvalue weighted by Crippen LogP contribution is 2.36. The van der Waals surface area contributed by atoms with E-state index >= 15 is 0 Å². The van der Waals surface area contributed by atoms with E-state index in [1.807, 2.05) is 25.1 Å². The molecule has 0 spiro atoms. The number of nitrogens with zero attached hydrogens (tertiary/aromatic N) is 2. The van der Waals surface area contributed by atoms with E-state index in [0.29, 0.717) is 27.2 Å². The van der Waals surface area contributed by atoms with Crippen molar-refractivity contribution in [1.82, 2.24) is 9.55 Å². The fourth-order valence-electron chi connectivity index (χ4n) is 3.99. The van der Waals surface area contributed by atoms with Crippen molar-refractivity contribution in [3.8, 4) is 5.69 Å². The van der Waals surface area contributed by atoms with Crippen molar-refractivity contribution in [2.75, 3.05) is 0 Å². The molecule has 2 heterocycles. The van der Waals surface area contributed by atoms with Gasteiger partial charge in [-0.3, -0.25) is 9.36 Å². The smallest absolute Gasteiger partial charge is 0.267 e. The Balaban J connectivity index is 1.69. The predicted molar refractivity (Wildman–Crippen MR) is 128 cm³/mol. The summed E-state index contributed by atoms with van der Waals surface area (Å²) < 4.78 is 15.8. The summed E-state index contributed by atoms with van der Waals surface area (Å²) in [5.41, 5.74) is 3.30. The molecule has 1 aliphatic rings. The standard InChI is InChI=1S/C24H20ClFN2OS2/c1-14-10-11-16(12-18(14)25)28-23(29)21-17-7-3-5-9-20(17)31-22(21)27-24(28)30-13-15-6-2-4-8-19(15)26/h2,4,6,8,10-12H,3,5,7,9,13H2,1H3. The molecule has 3 nitrogen and oxygen atoms in total. The van der Waals surface area contributed by atoms with Crippen LogP contribution in [0.1, 0.15) is 34.4 Å². The number of halogens is 2. The largest absolute Gasteiger partial charge is 0.268 e. The van der Waals surface area contributed by atoms with Gasteiger partial charge in [0.15, 0.2) is 5.16 Å². The maximum absolute atomic E-state index is 14.2. The Morgan fingerprint density at radius 1 is 1.19 bits per heavy atom. The molecule has 0 N–H and O–H groups in total. The Morgan fingerprint density at radius 2 is 2.00 bits per heavy atom. The zero-order chi connectivity index (χ0) is 21.5. The highest BCUT2D eigenvalue weighted by molar-refractivity contribution is 7.98. The first-order chi connectivity index (χ1) is 15.0. The van der Waals surface area contributed by atoms with Crippen molar-refractivity contribution >= 4 is 44.9 Å². The fraction of sp³-hybridized carbons (Fsp3) is 0.250. The first-order valence-corrected chi connectivity index (χ1v) is 12.4. The monoisotopic (exact) mass is 470 g/mol. The maximum Gasteiger partial charge on any atom is 0.267 e. The van der Waals surface area contributed by atoms with Crippen molar-refractivity contribution in [1.29, 1.82) is 0 Å². The number of rotatable bonds is 4. The molecule has 0 unspecified atom stereocenters. The average molecular weight is 471 g/mol. The predicted octanol–water partition coefficient (Wildman–Crippen LogP) is 6.72. The summed E-state index contributed by atoms with van der Waals surface area (Å²) in [6.07, 6.45) is 4.17. The van der Waals surface area contributed by atoms with E-state index in [1.165, 1.54) is 22.7 Å². The SMILES string of the molecule is Cc1ccc(-n2c(SCc3ccccc3F)nc3sc4c(c3c2=O)CCCC4)cc1Cl. The van der Waals surface area contributed by atoms with Crippen LogP contribution in [-0.2, 0) is 18.6 Å². The second-order valence-corrected chi connectivity index (χ2v) is 10.2. The molecule has 158 valence electrons. The highest BCUT2D eigenvalue weighted by Gasteiger charge is 2.23. The quantitative estimate of drug-likeness (QED) is 0.245. The summed E-state index contributed by atoms with van der Waals surface area (Å²) in [6, 6.07) is 12.3. The van der Waals surface area contributed by atoms with Gasteiger partial charge in [-0.1, -0.05) is 47.6 Å². The third kappa shape index (κ3) is 3.81. The topological polar surface area (TPSA) is 34.9 Å². The molecule has 5 rings (SSSR count). The summed E-state index contributed by atoms with van der Waals surface area (Å²) in [7, 11) is 0. The summed E-state index contributed by atoms with van der Waals surface area (Å²) in [5.74, 6) is 0.130. The van der Waals surface area contributed by atoms with E-state index < -0.39 is 0 Å². The molecule has 0 atom stereocenters. The second-order valence-electron chi connectivity index (χ2n) is 7.74. The van der Waals surface area contributed by atoms with Crippen LogP contribution >= 0.6 is 34.7 Å². The van der Waals surface area contributed by atoms with Gasteiger partial charge in [0.1, 0.15) is 10.6 Å². The summed E-state index contributed by atoms with van der Waals surface area (Å²) >= 11 is 9.38. The molecule has 0 bridgehead atoms. The number of thioether (sulfide) groups is 1. The molecule has 2 aromatic heterocycles. The Morgan fingerprint density at radius 3 is 2.81 bits per heavy atom. The van der Waals surface area contributed by atoms with Gasteiger partial charge in [0, 0.05) is 15.7 Å². The number of aryl methyl sites for hydroxylation is 3. The van der Waals surface area contributed by atoms with Crippen LogP contribution < -0.4 is 5.56 Å². The molecule has 0 radical (unpaired) electrons. The number of hydrogen-bond donors (Lipinski definition) is 0. The Labute approximate surface area is 192 Å². The van der Waals surface area contributed by atoms with Gasteiger partial charge in [-0.2, -0.15) is 0 Å².